The molecule has 1 N–H and O–H groups in total. The van der Waals surface area contributed by atoms with Gasteiger partial charge in [0, 0.05) is 0 Å². The van der Waals surface area contributed by atoms with Crippen molar-refractivity contribution in [2.75, 3.05) is 20.6 Å². The van der Waals surface area contributed by atoms with Gasteiger partial charge in [-0.3, -0.25) is 4.79 Å². The van der Waals surface area contributed by atoms with Crippen LogP contribution in [0, 0.1) is 0 Å². The van der Waals surface area contributed by atoms with Gasteiger partial charge in [0.2, 0.25) is 0 Å². The van der Waals surface area contributed by atoms with Crippen LogP contribution in [0.1, 0.15) is 6.42 Å². The van der Waals surface area contributed by atoms with E-state index >= 15 is 0 Å². The molecule has 0 heterocycles. The molecule has 3 nitrogen and oxygen atoms in total. The van der Waals surface area contributed by atoms with Crippen LogP contribution in [0.3, 0.4) is 0 Å². The van der Waals surface area contributed by atoms with Crippen LogP contribution in [-0.2, 0) is 4.79 Å². The first kappa shape index (κ1) is 10.3. The largest absolute Gasteiger partial charge is 0.481 e. The first-order valence-electron chi connectivity index (χ1n) is 3.08. The molecule has 0 atom stereocenters. The lowest BCUT2D eigenvalue weighted by Crippen LogP contribution is -2.33. The van der Waals surface area contributed by atoms with Crippen LogP contribution >= 0.6 is 0 Å². The zero-order chi connectivity index (χ0) is 9.07. The Morgan fingerprint density at radius 1 is 1.55 bits per heavy atom. The van der Waals surface area contributed by atoms with Crippen LogP contribution in [-0.4, -0.2) is 42.5 Å². The maximum atomic E-state index is 12.5. The number of halogens is 2. The van der Waals surface area contributed by atoms with Gasteiger partial charge >= 0.3 is 5.97 Å². The first-order chi connectivity index (χ1) is 4.83. The number of rotatable bonds is 4. The molecule has 0 rings (SSSR count). The number of carboxylic acid groups (broad SMARTS) is 1. The van der Waals surface area contributed by atoms with Gasteiger partial charge in [-0.1, -0.05) is 0 Å². The number of carboxylic acids is 1. The normalized spacial score (nSPS) is 12.1. The molecular formula is C6H11F2NO2. The summed E-state index contributed by atoms with van der Waals surface area (Å²) in [6.45, 7) is -0.528. The summed E-state index contributed by atoms with van der Waals surface area (Å²) >= 11 is 0. The molecule has 0 amide bonds. The van der Waals surface area contributed by atoms with E-state index in [4.69, 9.17) is 5.11 Å². The van der Waals surface area contributed by atoms with E-state index in [2.05, 4.69) is 0 Å². The highest BCUT2D eigenvalue weighted by atomic mass is 19.3. The number of nitrogens with zero attached hydrogens (tertiary/aromatic N) is 1. The number of aliphatic carboxylic acids is 1. The molecule has 11 heavy (non-hydrogen) atoms. The fourth-order valence-electron chi connectivity index (χ4n) is 0.740. The Morgan fingerprint density at radius 2 is 2.00 bits per heavy atom. The molecule has 0 aliphatic rings. The van der Waals surface area contributed by atoms with Crippen molar-refractivity contribution in [3.8, 4) is 0 Å². The molecule has 5 heteroatoms. The molecule has 0 aliphatic heterocycles. The second kappa shape index (κ2) is 3.61. The van der Waals surface area contributed by atoms with Crippen LogP contribution in [0.4, 0.5) is 8.78 Å². The van der Waals surface area contributed by atoms with Gasteiger partial charge in [-0.05, 0) is 14.1 Å². The van der Waals surface area contributed by atoms with Crippen molar-refractivity contribution in [1.29, 1.82) is 0 Å². The highest BCUT2D eigenvalue weighted by molar-refractivity contribution is 5.67. The number of hydrogen-bond acceptors (Lipinski definition) is 2. The molecule has 0 radical (unpaired) electrons. The predicted octanol–water partition coefficient (Wildman–Crippen LogP) is 0.658. The lowest BCUT2D eigenvalue weighted by molar-refractivity contribution is -0.145. The third-order valence-electron chi connectivity index (χ3n) is 0.957. The Kier molecular flexibility index (Phi) is 3.38. The minimum atomic E-state index is -3.13. The topological polar surface area (TPSA) is 40.5 Å². The van der Waals surface area contributed by atoms with Crippen molar-refractivity contribution >= 4 is 5.97 Å². The van der Waals surface area contributed by atoms with E-state index in [-0.39, 0.29) is 0 Å². The summed E-state index contributed by atoms with van der Waals surface area (Å²) in [5, 5.41) is 8.06. The van der Waals surface area contributed by atoms with E-state index in [9.17, 15) is 13.6 Å². The Labute approximate surface area is 63.6 Å². The van der Waals surface area contributed by atoms with Crippen molar-refractivity contribution in [2.24, 2.45) is 0 Å². The molecule has 0 aromatic heterocycles. The number of hydrogen-bond donors (Lipinski definition) is 1. The molecule has 0 spiro atoms. The molecular weight excluding hydrogens is 156 g/mol. The van der Waals surface area contributed by atoms with Gasteiger partial charge in [0.25, 0.3) is 5.92 Å². The predicted molar refractivity (Wildman–Crippen MR) is 35.8 cm³/mol. The molecule has 0 unspecified atom stereocenters. The van der Waals surface area contributed by atoms with Gasteiger partial charge in [0.15, 0.2) is 0 Å². The smallest absolute Gasteiger partial charge is 0.309 e. The zero-order valence-electron chi connectivity index (χ0n) is 6.47. The lowest BCUT2D eigenvalue weighted by Gasteiger charge is -2.18. The molecule has 0 aliphatic carbocycles. The fourth-order valence-corrected chi connectivity index (χ4v) is 0.740. The third kappa shape index (κ3) is 5.72. The molecule has 0 fully saturated rings. The standard InChI is InChI=1S/C6H11F2NO2/c1-9(2)4-6(7,8)3-5(10)11/h3-4H2,1-2H3,(H,10,11). The average molecular weight is 167 g/mol. The minimum absolute atomic E-state index is 0.528. The van der Waals surface area contributed by atoms with Gasteiger partial charge in [0.05, 0.1) is 6.54 Å². The molecule has 0 bridgehead atoms. The molecule has 0 aromatic carbocycles. The van der Waals surface area contributed by atoms with Crippen molar-refractivity contribution in [2.45, 2.75) is 12.3 Å². The van der Waals surface area contributed by atoms with E-state index in [0.29, 0.717) is 0 Å². The fraction of sp³-hybridized carbons (Fsp3) is 0.833. The molecule has 0 saturated heterocycles. The molecule has 0 saturated carbocycles. The van der Waals surface area contributed by atoms with Crippen LogP contribution in [0.5, 0.6) is 0 Å². The lowest BCUT2D eigenvalue weighted by atomic mass is 10.2. The van der Waals surface area contributed by atoms with E-state index in [1.807, 2.05) is 0 Å². The van der Waals surface area contributed by atoms with Crippen LogP contribution in [0.2, 0.25) is 0 Å². The second-order valence-electron chi connectivity index (χ2n) is 2.66. The van der Waals surface area contributed by atoms with Crippen molar-refractivity contribution < 1.29 is 18.7 Å². The summed E-state index contributed by atoms with van der Waals surface area (Å²) in [7, 11) is 2.94. The summed E-state index contributed by atoms with van der Waals surface area (Å²) in [6, 6.07) is 0. The van der Waals surface area contributed by atoms with E-state index in [1.54, 1.807) is 0 Å². The SMILES string of the molecule is CN(C)CC(F)(F)CC(=O)O. The molecule has 66 valence electrons. The average Bonchev–Trinajstić information content (AvgIpc) is 1.53. The van der Waals surface area contributed by atoms with Crippen LogP contribution in [0.15, 0.2) is 0 Å². The summed E-state index contributed by atoms with van der Waals surface area (Å²) in [6.07, 6.45) is -1.11. The van der Waals surface area contributed by atoms with Crippen molar-refractivity contribution in [3.63, 3.8) is 0 Å². The molecule has 0 aromatic rings. The van der Waals surface area contributed by atoms with Crippen molar-refractivity contribution in [3.05, 3.63) is 0 Å². The van der Waals surface area contributed by atoms with Gasteiger partial charge in [-0.15, -0.1) is 0 Å². The van der Waals surface area contributed by atoms with Gasteiger partial charge in [-0.25, -0.2) is 8.78 Å². The minimum Gasteiger partial charge on any atom is -0.481 e. The zero-order valence-corrected chi connectivity index (χ0v) is 6.47. The summed E-state index contributed by atoms with van der Waals surface area (Å²) in [5.41, 5.74) is 0. The van der Waals surface area contributed by atoms with Crippen LogP contribution in [0.25, 0.3) is 0 Å². The monoisotopic (exact) mass is 167 g/mol. The van der Waals surface area contributed by atoms with E-state index in [0.717, 1.165) is 0 Å². The second-order valence-corrected chi connectivity index (χ2v) is 2.66. The van der Waals surface area contributed by atoms with Gasteiger partial charge in [0.1, 0.15) is 6.42 Å². The maximum absolute atomic E-state index is 12.5. The van der Waals surface area contributed by atoms with E-state index < -0.39 is 24.9 Å². The number of alkyl halides is 2. The highest BCUT2D eigenvalue weighted by Crippen LogP contribution is 2.18. The van der Waals surface area contributed by atoms with Crippen LogP contribution < -0.4 is 0 Å². The van der Waals surface area contributed by atoms with Crippen molar-refractivity contribution in [1.82, 2.24) is 4.90 Å². The Morgan fingerprint density at radius 3 is 2.27 bits per heavy atom. The Bertz CT molecular complexity index is 148. The van der Waals surface area contributed by atoms with Gasteiger partial charge in [-0.2, -0.15) is 0 Å². The quantitative estimate of drug-likeness (QED) is 0.668. The Hall–Kier alpha value is -0.710. The summed E-state index contributed by atoms with van der Waals surface area (Å²) in [4.78, 5) is 11.2. The third-order valence-corrected chi connectivity index (χ3v) is 0.957. The summed E-state index contributed by atoms with van der Waals surface area (Å²) < 4.78 is 25.0. The highest BCUT2D eigenvalue weighted by Gasteiger charge is 2.32. The maximum Gasteiger partial charge on any atom is 0.309 e. The number of carbonyl (C=O) groups is 1. The van der Waals surface area contributed by atoms with E-state index in [1.165, 1.54) is 19.0 Å². The Balaban J connectivity index is 3.89. The van der Waals surface area contributed by atoms with Gasteiger partial charge < -0.3 is 10.0 Å². The first-order valence-corrected chi connectivity index (χ1v) is 3.08. The summed E-state index contributed by atoms with van der Waals surface area (Å²) in [5.74, 6) is -4.60.